The Morgan fingerprint density at radius 1 is 1.26 bits per heavy atom. The van der Waals surface area contributed by atoms with Crippen LogP contribution in [0.25, 0.3) is 0 Å². The van der Waals surface area contributed by atoms with Crippen LogP contribution in [-0.2, 0) is 0 Å². The van der Waals surface area contributed by atoms with Gasteiger partial charge in [-0.1, -0.05) is 0 Å². The summed E-state index contributed by atoms with van der Waals surface area (Å²) in [5, 5.41) is 11.1. The monoisotopic (exact) mass is 260 g/mol. The highest BCUT2D eigenvalue weighted by Crippen LogP contribution is 2.15. The first-order valence-corrected chi connectivity index (χ1v) is 5.32. The van der Waals surface area contributed by atoms with Crippen molar-refractivity contribution in [1.29, 1.82) is 0 Å². The van der Waals surface area contributed by atoms with Crippen molar-refractivity contribution in [2.45, 2.75) is 0 Å². The maximum Gasteiger partial charge on any atom is 0.338 e. The lowest BCUT2D eigenvalue weighted by Crippen LogP contribution is -2.12. The van der Waals surface area contributed by atoms with Crippen LogP contribution in [0.3, 0.4) is 0 Å². The van der Waals surface area contributed by atoms with Gasteiger partial charge in [0.05, 0.1) is 11.1 Å². The van der Waals surface area contributed by atoms with Crippen LogP contribution in [0.1, 0.15) is 20.7 Å². The number of carbonyl (C=O) groups is 2. The zero-order valence-corrected chi connectivity index (χ0v) is 9.63. The number of anilines is 1. The number of hydrogen-bond acceptors (Lipinski definition) is 3. The van der Waals surface area contributed by atoms with Gasteiger partial charge in [0, 0.05) is 18.1 Å². The standard InChI is InChI=1S/C13H9FN2O3/c14-11-6-9(3-4-10(11)13(18)19)16-12(17)8-2-1-5-15-7-8/h1-7H,(H,16,17)(H,18,19). The topological polar surface area (TPSA) is 79.3 Å². The van der Waals surface area contributed by atoms with Gasteiger partial charge < -0.3 is 10.4 Å². The number of pyridine rings is 1. The highest BCUT2D eigenvalue weighted by atomic mass is 19.1. The third kappa shape index (κ3) is 2.92. The van der Waals surface area contributed by atoms with E-state index in [4.69, 9.17) is 5.11 Å². The van der Waals surface area contributed by atoms with Crippen molar-refractivity contribution in [3.8, 4) is 0 Å². The number of carbonyl (C=O) groups excluding carboxylic acids is 1. The molecule has 0 saturated heterocycles. The van der Waals surface area contributed by atoms with Gasteiger partial charge in [-0.25, -0.2) is 9.18 Å². The van der Waals surface area contributed by atoms with Crippen LogP contribution in [0.2, 0.25) is 0 Å². The van der Waals surface area contributed by atoms with Crippen molar-refractivity contribution < 1.29 is 19.1 Å². The van der Waals surface area contributed by atoms with E-state index in [2.05, 4.69) is 10.3 Å². The number of aromatic nitrogens is 1. The van der Waals surface area contributed by atoms with Gasteiger partial charge in [-0.15, -0.1) is 0 Å². The molecule has 2 N–H and O–H groups in total. The highest BCUT2D eigenvalue weighted by Gasteiger charge is 2.12. The van der Waals surface area contributed by atoms with Gasteiger partial charge in [0.2, 0.25) is 0 Å². The number of nitrogens with zero attached hydrogens (tertiary/aromatic N) is 1. The number of carboxylic acid groups (broad SMARTS) is 1. The molecule has 0 atom stereocenters. The van der Waals surface area contributed by atoms with Gasteiger partial charge in [0.1, 0.15) is 5.82 Å². The van der Waals surface area contributed by atoms with Crippen molar-refractivity contribution in [2.24, 2.45) is 0 Å². The summed E-state index contributed by atoms with van der Waals surface area (Å²) in [5.74, 6) is -2.71. The molecule has 0 unspecified atom stereocenters. The normalized spacial score (nSPS) is 9.95. The van der Waals surface area contributed by atoms with E-state index in [0.717, 1.165) is 12.1 Å². The second kappa shape index (κ2) is 5.26. The fraction of sp³-hybridized carbons (Fsp3) is 0. The van der Waals surface area contributed by atoms with Crippen molar-refractivity contribution in [3.63, 3.8) is 0 Å². The number of nitrogens with one attached hydrogen (secondary N) is 1. The Labute approximate surface area is 107 Å². The number of rotatable bonds is 3. The van der Waals surface area contributed by atoms with Crippen molar-refractivity contribution in [1.82, 2.24) is 4.98 Å². The largest absolute Gasteiger partial charge is 0.478 e. The summed E-state index contributed by atoms with van der Waals surface area (Å²) >= 11 is 0. The molecule has 6 heteroatoms. The first-order valence-electron chi connectivity index (χ1n) is 5.32. The summed E-state index contributed by atoms with van der Waals surface area (Å²) < 4.78 is 13.4. The maximum atomic E-state index is 13.4. The molecule has 0 aliphatic carbocycles. The van der Waals surface area contributed by atoms with Crippen molar-refractivity contribution >= 4 is 17.6 Å². The Bertz CT molecular complexity index is 629. The molecule has 19 heavy (non-hydrogen) atoms. The minimum atomic E-state index is -1.36. The minimum Gasteiger partial charge on any atom is -0.478 e. The smallest absolute Gasteiger partial charge is 0.338 e. The van der Waals surface area contributed by atoms with E-state index < -0.39 is 23.3 Å². The molecule has 0 bridgehead atoms. The summed E-state index contributed by atoms with van der Waals surface area (Å²) in [4.78, 5) is 26.2. The van der Waals surface area contributed by atoms with Crippen LogP contribution in [0.4, 0.5) is 10.1 Å². The first-order chi connectivity index (χ1) is 9.08. The first kappa shape index (κ1) is 12.7. The van der Waals surface area contributed by atoms with Crippen LogP contribution in [0.15, 0.2) is 42.7 Å². The number of hydrogen-bond donors (Lipinski definition) is 2. The van der Waals surface area contributed by atoms with Crippen LogP contribution in [-0.4, -0.2) is 22.0 Å². The highest BCUT2D eigenvalue weighted by molar-refractivity contribution is 6.04. The van der Waals surface area contributed by atoms with E-state index in [1.807, 2.05) is 0 Å². The molecule has 5 nitrogen and oxygen atoms in total. The number of benzene rings is 1. The maximum absolute atomic E-state index is 13.4. The Morgan fingerprint density at radius 2 is 2.05 bits per heavy atom. The third-order valence-corrected chi connectivity index (χ3v) is 2.38. The lowest BCUT2D eigenvalue weighted by molar-refractivity contribution is 0.0692. The fourth-order valence-corrected chi connectivity index (χ4v) is 1.47. The van der Waals surface area contributed by atoms with Crippen molar-refractivity contribution in [2.75, 3.05) is 5.32 Å². The Hall–Kier alpha value is -2.76. The summed E-state index contributed by atoms with van der Waals surface area (Å²) in [6.07, 6.45) is 2.90. The molecule has 0 fully saturated rings. The molecule has 1 aromatic heterocycles. The second-order valence-electron chi connectivity index (χ2n) is 3.70. The number of carboxylic acids is 1. The number of halogens is 1. The second-order valence-corrected chi connectivity index (χ2v) is 3.70. The molecule has 1 amide bonds. The van der Waals surface area contributed by atoms with Gasteiger partial charge in [0.15, 0.2) is 0 Å². The molecule has 0 spiro atoms. The molecule has 0 saturated carbocycles. The van der Waals surface area contributed by atoms with E-state index in [1.165, 1.54) is 18.5 Å². The average Bonchev–Trinajstić information content (AvgIpc) is 2.39. The van der Waals surface area contributed by atoms with Gasteiger partial charge in [0.25, 0.3) is 5.91 Å². The van der Waals surface area contributed by atoms with Crippen molar-refractivity contribution in [3.05, 3.63) is 59.7 Å². The zero-order chi connectivity index (χ0) is 13.8. The van der Waals surface area contributed by atoms with E-state index in [1.54, 1.807) is 12.1 Å². The summed E-state index contributed by atoms with van der Waals surface area (Å²) in [6, 6.07) is 6.53. The molecule has 0 radical (unpaired) electrons. The van der Waals surface area contributed by atoms with E-state index in [0.29, 0.717) is 5.56 Å². The molecule has 2 aromatic rings. The summed E-state index contributed by atoms with van der Waals surface area (Å²) in [6.45, 7) is 0. The average molecular weight is 260 g/mol. The van der Waals surface area contributed by atoms with Crippen LogP contribution in [0.5, 0.6) is 0 Å². The van der Waals surface area contributed by atoms with Crippen LogP contribution < -0.4 is 5.32 Å². The number of amides is 1. The lowest BCUT2D eigenvalue weighted by atomic mass is 10.2. The molecule has 0 aliphatic rings. The molecular formula is C13H9FN2O3. The van der Waals surface area contributed by atoms with Gasteiger partial charge in [-0.2, -0.15) is 0 Å². The van der Waals surface area contributed by atoms with E-state index in [9.17, 15) is 14.0 Å². The minimum absolute atomic E-state index is 0.177. The van der Waals surface area contributed by atoms with Crippen LogP contribution >= 0.6 is 0 Å². The SMILES string of the molecule is O=C(Nc1ccc(C(=O)O)c(F)c1)c1cccnc1. The van der Waals surface area contributed by atoms with E-state index >= 15 is 0 Å². The molecule has 2 rings (SSSR count). The number of aromatic carboxylic acids is 1. The zero-order valence-electron chi connectivity index (χ0n) is 9.63. The third-order valence-electron chi connectivity index (χ3n) is 2.38. The summed E-state index contributed by atoms with van der Waals surface area (Å²) in [7, 11) is 0. The predicted molar refractivity (Wildman–Crippen MR) is 65.5 cm³/mol. The Balaban J connectivity index is 2.19. The Morgan fingerprint density at radius 3 is 2.63 bits per heavy atom. The molecule has 96 valence electrons. The molecule has 1 aromatic carbocycles. The Kier molecular flexibility index (Phi) is 3.51. The quantitative estimate of drug-likeness (QED) is 0.886. The van der Waals surface area contributed by atoms with Gasteiger partial charge in [-0.05, 0) is 30.3 Å². The fourth-order valence-electron chi connectivity index (χ4n) is 1.47. The predicted octanol–water partition coefficient (Wildman–Crippen LogP) is 2.17. The van der Waals surface area contributed by atoms with E-state index in [-0.39, 0.29) is 5.69 Å². The lowest BCUT2D eigenvalue weighted by Gasteiger charge is -2.06. The molecule has 1 heterocycles. The molecular weight excluding hydrogens is 251 g/mol. The summed E-state index contributed by atoms with van der Waals surface area (Å²) in [5.41, 5.74) is 0.0564. The van der Waals surface area contributed by atoms with Crippen LogP contribution in [0, 0.1) is 5.82 Å². The van der Waals surface area contributed by atoms with Gasteiger partial charge >= 0.3 is 5.97 Å². The molecule has 0 aliphatic heterocycles. The van der Waals surface area contributed by atoms with Gasteiger partial charge in [-0.3, -0.25) is 9.78 Å².